The number of amides is 1. The summed E-state index contributed by atoms with van der Waals surface area (Å²) in [6.45, 7) is 0.0300. The third kappa shape index (κ3) is 4.29. The summed E-state index contributed by atoms with van der Waals surface area (Å²) in [6, 6.07) is 14.0. The quantitative estimate of drug-likeness (QED) is 0.832. The van der Waals surface area contributed by atoms with Gasteiger partial charge in [-0.25, -0.2) is 0 Å². The number of thioether (sulfide) groups is 1. The Bertz CT molecular complexity index is 700. The number of fused-ring (bicyclic) bond motifs is 1. The Hall–Kier alpha value is -1.94. The molecule has 120 valence electrons. The molecule has 0 spiro atoms. The number of nitrogens with one attached hydrogen (secondary N) is 1. The fraction of sp³-hybridized carbons (Fsp3) is 0.316. The molecule has 3 nitrogen and oxygen atoms in total. The molecule has 2 aromatic carbocycles. The first kappa shape index (κ1) is 15.9. The molecule has 23 heavy (non-hydrogen) atoms. The molecule has 0 bridgehead atoms. The maximum Gasteiger partial charge on any atom is 0.262 e. The lowest BCUT2D eigenvalue weighted by Crippen LogP contribution is -2.20. The van der Waals surface area contributed by atoms with Crippen LogP contribution >= 0.6 is 11.8 Å². The molecule has 1 N–H and O–H groups in total. The minimum absolute atomic E-state index is 0.0300. The van der Waals surface area contributed by atoms with E-state index < -0.39 is 0 Å². The predicted octanol–water partition coefficient (Wildman–Crippen LogP) is 4.30. The average Bonchev–Trinajstić information content (AvgIpc) is 2.60. The van der Waals surface area contributed by atoms with Crippen LogP contribution in [0, 0.1) is 0 Å². The molecule has 1 amide bonds. The molecular formula is C19H21NO2S. The first-order chi connectivity index (χ1) is 11.2. The lowest BCUT2D eigenvalue weighted by atomic mass is 9.92. The molecule has 2 aromatic rings. The smallest absolute Gasteiger partial charge is 0.262 e. The second kappa shape index (κ2) is 7.55. The largest absolute Gasteiger partial charge is 0.484 e. The van der Waals surface area contributed by atoms with E-state index >= 15 is 0 Å². The number of aryl methyl sites for hydroxylation is 2. The zero-order valence-corrected chi connectivity index (χ0v) is 14.1. The normalized spacial score (nSPS) is 13.3. The SMILES string of the molecule is CSc1cccc(NC(=O)COc2ccc3c(c2)CCCC3)c1. The minimum Gasteiger partial charge on any atom is -0.484 e. The van der Waals surface area contributed by atoms with E-state index in [-0.39, 0.29) is 12.5 Å². The van der Waals surface area contributed by atoms with Crippen molar-refractivity contribution in [2.75, 3.05) is 18.2 Å². The third-order valence-corrected chi connectivity index (χ3v) is 4.77. The summed E-state index contributed by atoms with van der Waals surface area (Å²) in [5.74, 6) is 0.639. The van der Waals surface area contributed by atoms with Crippen LogP contribution in [-0.2, 0) is 17.6 Å². The Balaban J connectivity index is 1.56. The van der Waals surface area contributed by atoms with E-state index in [1.54, 1.807) is 11.8 Å². The van der Waals surface area contributed by atoms with Gasteiger partial charge in [-0.15, -0.1) is 11.8 Å². The molecular weight excluding hydrogens is 306 g/mol. The van der Waals surface area contributed by atoms with Gasteiger partial charge in [0.25, 0.3) is 5.91 Å². The van der Waals surface area contributed by atoms with Crippen molar-refractivity contribution in [2.45, 2.75) is 30.6 Å². The molecule has 1 aliphatic carbocycles. The Labute approximate surface area is 141 Å². The van der Waals surface area contributed by atoms with Crippen LogP contribution in [0.5, 0.6) is 5.75 Å². The van der Waals surface area contributed by atoms with Crippen molar-refractivity contribution >= 4 is 23.4 Å². The maximum absolute atomic E-state index is 12.0. The van der Waals surface area contributed by atoms with Gasteiger partial charge < -0.3 is 10.1 Å². The van der Waals surface area contributed by atoms with E-state index in [0.717, 1.165) is 29.2 Å². The fourth-order valence-corrected chi connectivity index (χ4v) is 3.31. The first-order valence-corrected chi connectivity index (χ1v) is 9.15. The molecule has 0 fully saturated rings. The van der Waals surface area contributed by atoms with Gasteiger partial charge in [-0.2, -0.15) is 0 Å². The standard InChI is InChI=1S/C19H21NO2S/c1-23-18-8-4-7-16(12-18)20-19(21)13-22-17-10-9-14-5-2-3-6-15(14)11-17/h4,7-12H,2-3,5-6,13H2,1H3,(H,20,21). The molecule has 0 atom stereocenters. The van der Waals surface area contributed by atoms with Crippen LogP contribution in [0.3, 0.4) is 0 Å². The number of carbonyl (C=O) groups is 1. The summed E-state index contributed by atoms with van der Waals surface area (Å²) in [4.78, 5) is 13.2. The van der Waals surface area contributed by atoms with Crippen LogP contribution in [-0.4, -0.2) is 18.8 Å². The van der Waals surface area contributed by atoms with Crippen molar-refractivity contribution in [3.05, 3.63) is 53.6 Å². The van der Waals surface area contributed by atoms with Gasteiger partial charge in [0.15, 0.2) is 6.61 Å². The zero-order chi connectivity index (χ0) is 16.1. The number of carbonyl (C=O) groups excluding carboxylic acids is 1. The summed E-state index contributed by atoms with van der Waals surface area (Å²) in [5.41, 5.74) is 3.58. The summed E-state index contributed by atoms with van der Waals surface area (Å²) in [7, 11) is 0. The van der Waals surface area contributed by atoms with Crippen LogP contribution in [0.25, 0.3) is 0 Å². The van der Waals surface area contributed by atoms with Crippen molar-refractivity contribution in [3.63, 3.8) is 0 Å². The molecule has 3 rings (SSSR count). The van der Waals surface area contributed by atoms with Gasteiger partial charge in [0.05, 0.1) is 0 Å². The number of hydrogen-bond acceptors (Lipinski definition) is 3. The summed E-state index contributed by atoms with van der Waals surface area (Å²) >= 11 is 1.65. The van der Waals surface area contributed by atoms with Crippen LogP contribution in [0.1, 0.15) is 24.0 Å². The van der Waals surface area contributed by atoms with Gasteiger partial charge in [0.2, 0.25) is 0 Å². The second-order valence-electron chi connectivity index (χ2n) is 5.71. The lowest BCUT2D eigenvalue weighted by molar-refractivity contribution is -0.118. The second-order valence-corrected chi connectivity index (χ2v) is 6.59. The van der Waals surface area contributed by atoms with Crippen molar-refractivity contribution < 1.29 is 9.53 Å². The number of anilines is 1. The van der Waals surface area contributed by atoms with Gasteiger partial charge >= 0.3 is 0 Å². The Morgan fingerprint density at radius 3 is 2.78 bits per heavy atom. The van der Waals surface area contributed by atoms with Crippen LogP contribution < -0.4 is 10.1 Å². The van der Waals surface area contributed by atoms with E-state index in [4.69, 9.17) is 4.74 Å². The monoisotopic (exact) mass is 327 g/mol. The predicted molar refractivity (Wildman–Crippen MR) is 95.4 cm³/mol. The number of ether oxygens (including phenoxy) is 1. The zero-order valence-electron chi connectivity index (χ0n) is 13.3. The van der Waals surface area contributed by atoms with Gasteiger partial charge in [0, 0.05) is 10.6 Å². The van der Waals surface area contributed by atoms with Gasteiger partial charge in [-0.3, -0.25) is 4.79 Å². The Kier molecular flexibility index (Phi) is 5.23. The van der Waals surface area contributed by atoms with E-state index in [2.05, 4.69) is 17.4 Å². The third-order valence-electron chi connectivity index (χ3n) is 4.04. The summed E-state index contributed by atoms with van der Waals surface area (Å²) < 4.78 is 5.65. The minimum atomic E-state index is -0.138. The van der Waals surface area contributed by atoms with E-state index in [1.165, 1.54) is 24.0 Å². The molecule has 0 aliphatic heterocycles. The molecule has 0 heterocycles. The summed E-state index contributed by atoms with van der Waals surface area (Å²) in [5, 5.41) is 2.87. The molecule has 0 saturated heterocycles. The first-order valence-electron chi connectivity index (χ1n) is 7.93. The summed E-state index contributed by atoms with van der Waals surface area (Å²) in [6.07, 6.45) is 6.79. The highest BCUT2D eigenvalue weighted by molar-refractivity contribution is 7.98. The van der Waals surface area contributed by atoms with Crippen molar-refractivity contribution in [1.29, 1.82) is 0 Å². The lowest BCUT2D eigenvalue weighted by Gasteiger charge is -2.16. The van der Waals surface area contributed by atoms with E-state index in [0.29, 0.717) is 0 Å². The molecule has 0 unspecified atom stereocenters. The van der Waals surface area contributed by atoms with Crippen LogP contribution in [0.2, 0.25) is 0 Å². The van der Waals surface area contributed by atoms with Crippen molar-refractivity contribution in [2.24, 2.45) is 0 Å². The van der Waals surface area contributed by atoms with Crippen LogP contribution in [0.15, 0.2) is 47.4 Å². The highest BCUT2D eigenvalue weighted by Crippen LogP contribution is 2.25. The highest BCUT2D eigenvalue weighted by Gasteiger charge is 2.11. The molecule has 0 radical (unpaired) electrons. The number of hydrogen-bond donors (Lipinski definition) is 1. The van der Waals surface area contributed by atoms with Gasteiger partial charge in [0.1, 0.15) is 5.75 Å². The highest BCUT2D eigenvalue weighted by atomic mass is 32.2. The molecule has 4 heteroatoms. The maximum atomic E-state index is 12.0. The van der Waals surface area contributed by atoms with Crippen LogP contribution in [0.4, 0.5) is 5.69 Å². The topological polar surface area (TPSA) is 38.3 Å². The van der Waals surface area contributed by atoms with E-state index in [1.807, 2.05) is 36.6 Å². The number of rotatable bonds is 5. The van der Waals surface area contributed by atoms with Crippen molar-refractivity contribution in [1.82, 2.24) is 0 Å². The molecule has 0 saturated carbocycles. The molecule has 1 aliphatic rings. The van der Waals surface area contributed by atoms with Gasteiger partial charge in [-0.05, 0) is 73.4 Å². The fourth-order valence-electron chi connectivity index (χ4n) is 2.85. The average molecular weight is 327 g/mol. The van der Waals surface area contributed by atoms with E-state index in [9.17, 15) is 4.79 Å². The Morgan fingerprint density at radius 1 is 1.13 bits per heavy atom. The molecule has 0 aromatic heterocycles. The number of benzene rings is 2. The van der Waals surface area contributed by atoms with Gasteiger partial charge in [-0.1, -0.05) is 12.1 Å². The van der Waals surface area contributed by atoms with Crippen molar-refractivity contribution in [3.8, 4) is 5.75 Å². The Morgan fingerprint density at radius 2 is 1.96 bits per heavy atom.